The van der Waals surface area contributed by atoms with Gasteiger partial charge in [-0.05, 0) is 31.9 Å². The van der Waals surface area contributed by atoms with Gasteiger partial charge in [-0.2, -0.15) is 4.31 Å². The lowest BCUT2D eigenvalue weighted by Gasteiger charge is -2.35. The van der Waals surface area contributed by atoms with Gasteiger partial charge in [0.25, 0.3) is 5.69 Å². The lowest BCUT2D eigenvalue weighted by Crippen LogP contribution is -2.48. The van der Waals surface area contributed by atoms with Crippen LogP contribution < -0.4 is 0 Å². The van der Waals surface area contributed by atoms with Gasteiger partial charge in [-0.25, -0.2) is 8.42 Å². The van der Waals surface area contributed by atoms with Crippen LogP contribution in [0.1, 0.15) is 19.8 Å². The summed E-state index contributed by atoms with van der Waals surface area (Å²) in [6.45, 7) is 1.98. The molecule has 20 heavy (non-hydrogen) atoms. The first-order valence-corrected chi connectivity index (χ1v) is 7.63. The summed E-state index contributed by atoms with van der Waals surface area (Å²) in [5.74, 6) is 0. The normalized spacial score (nSPS) is 24.5. The first-order chi connectivity index (χ1) is 9.22. The summed E-state index contributed by atoms with van der Waals surface area (Å²) in [4.78, 5) is 9.98. The average Bonchev–Trinajstić information content (AvgIpc) is 2.37. The van der Waals surface area contributed by atoms with E-state index >= 15 is 0 Å². The molecule has 0 saturated carbocycles. The molecule has 1 aromatic carbocycles. The van der Waals surface area contributed by atoms with Crippen LogP contribution in [0.4, 0.5) is 5.69 Å². The van der Waals surface area contributed by atoms with Crippen LogP contribution in [0.2, 0.25) is 0 Å². The summed E-state index contributed by atoms with van der Waals surface area (Å²) in [5, 5.41) is 20.5. The largest absolute Gasteiger partial charge is 0.389 e. The van der Waals surface area contributed by atoms with Crippen molar-refractivity contribution in [1.29, 1.82) is 0 Å². The predicted molar refractivity (Wildman–Crippen MR) is 71.7 cm³/mol. The molecule has 1 aromatic rings. The van der Waals surface area contributed by atoms with Crippen molar-refractivity contribution in [2.75, 3.05) is 13.1 Å². The van der Waals surface area contributed by atoms with Crippen molar-refractivity contribution >= 4 is 15.7 Å². The number of piperidine rings is 1. The van der Waals surface area contributed by atoms with E-state index < -0.39 is 20.5 Å². The fraction of sp³-hybridized carbons (Fsp3) is 0.500. The second kappa shape index (κ2) is 5.12. The molecule has 7 nitrogen and oxygen atoms in total. The van der Waals surface area contributed by atoms with E-state index in [1.54, 1.807) is 6.92 Å². The standard InChI is InChI=1S/C12H16N2O5S/c1-12(15)7-2-8-13(9-12)20(18,19)11-5-3-10(4-6-11)14(16)17/h3-6,15H,2,7-9H2,1H3. The van der Waals surface area contributed by atoms with Crippen LogP contribution in [0.3, 0.4) is 0 Å². The topological polar surface area (TPSA) is 101 Å². The third-order valence-corrected chi connectivity index (χ3v) is 5.18. The van der Waals surface area contributed by atoms with Gasteiger partial charge >= 0.3 is 0 Å². The van der Waals surface area contributed by atoms with Gasteiger partial charge in [0.2, 0.25) is 10.0 Å². The Morgan fingerprint density at radius 1 is 1.35 bits per heavy atom. The van der Waals surface area contributed by atoms with Crippen molar-refractivity contribution < 1.29 is 18.4 Å². The highest BCUT2D eigenvalue weighted by molar-refractivity contribution is 7.89. The van der Waals surface area contributed by atoms with Crippen molar-refractivity contribution in [3.8, 4) is 0 Å². The highest BCUT2D eigenvalue weighted by Gasteiger charge is 2.35. The van der Waals surface area contributed by atoms with Gasteiger partial charge in [0.1, 0.15) is 0 Å². The average molecular weight is 300 g/mol. The molecule has 1 unspecified atom stereocenters. The first kappa shape index (κ1) is 14.9. The molecule has 1 N–H and O–H groups in total. The third kappa shape index (κ3) is 2.97. The number of non-ortho nitro benzene ring substituents is 1. The second-order valence-corrected chi connectivity index (χ2v) is 7.13. The summed E-state index contributed by atoms with van der Waals surface area (Å²) in [5.41, 5.74) is -1.19. The molecule has 0 amide bonds. The number of sulfonamides is 1. The third-order valence-electron chi connectivity index (χ3n) is 3.33. The lowest BCUT2D eigenvalue weighted by atomic mass is 9.97. The van der Waals surface area contributed by atoms with Gasteiger partial charge in [0.15, 0.2) is 0 Å². The molecule has 8 heteroatoms. The molecule has 2 rings (SSSR count). The smallest absolute Gasteiger partial charge is 0.269 e. The molecule has 0 aliphatic carbocycles. The molecule has 0 aromatic heterocycles. The molecule has 1 fully saturated rings. The molecule has 1 saturated heterocycles. The Bertz CT molecular complexity index is 609. The van der Waals surface area contributed by atoms with Crippen LogP contribution in [0.25, 0.3) is 0 Å². The Labute approximate surface area is 117 Å². The number of hydrogen-bond donors (Lipinski definition) is 1. The van der Waals surface area contributed by atoms with E-state index in [0.717, 1.165) is 12.1 Å². The van der Waals surface area contributed by atoms with Gasteiger partial charge in [0, 0.05) is 25.2 Å². The second-order valence-electron chi connectivity index (χ2n) is 5.19. The maximum Gasteiger partial charge on any atom is 0.269 e. The zero-order valence-corrected chi connectivity index (χ0v) is 11.8. The fourth-order valence-electron chi connectivity index (χ4n) is 2.27. The molecule has 1 aliphatic heterocycles. The number of benzene rings is 1. The van der Waals surface area contributed by atoms with Gasteiger partial charge in [-0.15, -0.1) is 0 Å². The molecule has 0 bridgehead atoms. The summed E-state index contributed by atoms with van der Waals surface area (Å²) in [7, 11) is -3.72. The Hall–Kier alpha value is -1.51. The van der Waals surface area contributed by atoms with Crippen LogP contribution in [0.5, 0.6) is 0 Å². The minimum Gasteiger partial charge on any atom is -0.389 e. The Kier molecular flexibility index (Phi) is 3.81. The first-order valence-electron chi connectivity index (χ1n) is 6.19. The molecule has 0 radical (unpaired) electrons. The number of rotatable bonds is 3. The number of nitro benzene ring substituents is 1. The summed E-state index contributed by atoms with van der Waals surface area (Å²) >= 11 is 0. The predicted octanol–water partition coefficient (Wildman–Crippen LogP) is 1.13. The van der Waals surface area contributed by atoms with Crippen LogP contribution in [-0.2, 0) is 10.0 Å². The van der Waals surface area contributed by atoms with E-state index in [1.165, 1.54) is 16.4 Å². The number of β-amino-alcohol motifs (C(OH)–C–C–N with tert-alkyl or cyclic N) is 1. The highest BCUT2D eigenvalue weighted by Crippen LogP contribution is 2.26. The van der Waals surface area contributed by atoms with E-state index in [9.17, 15) is 23.6 Å². The van der Waals surface area contributed by atoms with Crippen molar-refractivity contribution in [3.63, 3.8) is 0 Å². The fourth-order valence-corrected chi connectivity index (χ4v) is 3.86. The zero-order chi connectivity index (χ0) is 15.0. The van der Waals surface area contributed by atoms with Crippen molar-refractivity contribution in [3.05, 3.63) is 34.4 Å². The van der Waals surface area contributed by atoms with Crippen LogP contribution >= 0.6 is 0 Å². The molecule has 110 valence electrons. The molecular formula is C12H16N2O5S. The zero-order valence-electron chi connectivity index (χ0n) is 11.0. The molecule has 1 aliphatic rings. The SMILES string of the molecule is CC1(O)CCCN(S(=O)(=O)c2ccc([N+](=O)[O-])cc2)C1. The number of aliphatic hydroxyl groups is 1. The quantitative estimate of drug-likeness (QED) is 0.666. The number of hydrogen-bond acceptors (Lipinski definition) is 5. The van der Waals surface area contributed by atoms with E-state index in [2.05, 4.69) is 0 Å². The Morgan fingerprint density at radius 2 is 1.95 bits per heavy atom. The molecular weight excluding hydrogens is 284 g/mol. The van der Waals surface area contributed by atoms with Crippen LogP contribution in [-0.4, -0.2) is 41.4 Å². The van der Waals surface area contributed by atoms with Gasteiger partial charge in [-0.1, -0.05) is 0 Å². The van der Waals surface area contributed by atoms with E-state index in [0.29, 0.717) is 19.4 Å². The summed E-state index contributed by atoms with van der Waals surface area (Å²) in [6.07, 6.45) is 1.14. The minimum atomic E-state index is -3.72. The lowest BCUT2D eigenvalue weighted by molar-refractivity contribution is -0.384. The number of nitro groups is 1. The van der Waals surface area contributed by atoms with Crippen LogP contribution in [0.15, 0.2) is 29.2 Å². The maximum atomic E-state index is 12.4. The minimum absolute atomic E-state index is 0.000741. The molecule has 1 heterocycles. The van der Waals surface area contributed by atoms with Crippen LogP contribution in [0, 0.1) is 10.1 Å². The molecule has 1 atom stereocenters. The highest BCUT2D eigenvalue weighted by atomic mass is 32.2. The van der Waals surface area contributed by atoms with E-state index in [4.69, 9.17) is 0 Å². The van der Waals surface area contributed by atoms with Gasteiger partial charge < -0.3 is 5.11 Å². The monoisotopic (exact) mass is 300 g/mol. The summed E-state index contributed by atoms with van der Waals surface area (Å²) < 4.78 is 26.0. The van der Waals surface area contributed by atoms with E-state index in [1.807, 2.05) is 0 Å². The van der Waals surface area contributed by atoms with E-state index in [-0.39, 0.29) is 17.1 Å². The van der Waals surface area contributed by atoms with Gasteiger partial charge in [-0.3, -0.25) is 10.1 Å². The Balaban J connectivity index is 2.28. The van der Waals surface area contributed by atoms with Crippen molar-refractivity contribution in [2.45, 2.75) is 30.3 Å². The molecule has 0 spiro atoms. The summed E-state index contributed by atoms with van der Waals surface area (Å²) in [6, 6.07) is 4.76. The maximum absolute atomic E-state index is 12.4. The Morgan fingerprint density at radius 3 is 2.45 bits per heavy atom. The van der Waals surface area contributed by atoms with Crippen molar-refractivity contribution in [1.82, 2.24) is 4.31 Å². The van der Waals surface area contributed by atoms with Crippen molar-refractivity contribution in [2.24, 2.45) is 0 Å². The number of nitrogens with zero attached hydrogens (tertiary/aromatic N) is 2. The van der Waals surface area contributed by atoms with Gasteiger partial charge in [0.05, 0.1) is 15.4 Å².